The normalized spacial score (nSPS) is 12.3. The molecule has 0 heterocycles. The zero-order chi connectivity index (χ0) is 15.1. The molecular formula is C14H19ClFNO3. The third kappa shape index (κ3) is 5.75. The minimum atomic E-state index is -0.536. The maximum atomic E-state index is 12.9. The molecule has 0 spiro atoms. The molecule has 0 radical (unpaired) electrons. The average molecular weight is 304 g/mol. The topological polar surface area (TPSA) is 58.6 Å². The minimum absolute atomic E-state index is 0.0528. The summed E-state index contributed by atoms with van der Waals surface area (Å²) in [5, 5.41) is 12.2. The van der Waals surface area contributed by atoms with Gasteiger partial charge in [-0.2, -0.15) is 0 Å². The SMILES string of the molecule is CC(C)C(O)CCNC(=O)COc1ccc(F)c(Cl)c1. The third-order valence-electron chi connectivity index (χ3n) is 2.79. The molecule has 6 heteroatoms. The quantitative estimate of drug-likeness (QED) is 0.813. The molecule has 1 atom stereocenters. The number of amides is 1. The van der Waals surface area contributed by atoms with Crippen LogP contribution in [-0.2, 0) is 4.79 Å². The van der Waals surface area contributed by atoms with E-state index in [4.69, 9.17) is 16.3 Å². The van der Waals surface area contributed by atoms with E-state index in [2.05, 4.69) is 5.32 Å². The fourth-order valence-electron chi connectivity index (χ4n) is 1.46. The number of rotatable bonds is 7. The van der Waals surface area contributed by atoms with Gasteiger partial charge in [-0.25, -0.2) is 4.39 Å². The van der Waals surface area contributed by atoms with Gasteiger partial charge in [-0.1, -0.05) is 25.4 Å². The Morgan fingerprint density at radius 2 is 2.20 bits per heavy atom. The van der Waals surface area contributed by atoms with Crippen LogP contribution in [0.25, 0.3) is 0 Å². The van der Waals surface area contributed by atoms with Crippen molar-refractivity contribution >= 4 is 17.5 Å². The van der Waals surface area contributed by atoms with Gasteiger partial charge in [0.1, 0.15) is 11.6 Å². The van der Waals surface area contributed by atoms with Crippen LogP contribution in [0.4, 0.5) is 4.39 Å². The van der Waals surface area contributed by atoms with E-state index in [1.165, 1.54) is 18.2 Å². The second kappa shape index (κ2) is 8.07. The summed E-state index contributed by atoms with van der Waals surface area (Å²) < 4.78 is 18.1. The molecule has 0 aromatic heterocycles. The van der Waals surface area contributed by atoms with E-state index < -0.39 is 11.9 Å². The van der Waals surface area contributed by atoms with Crippen molar-refractivity contribution in [2.75, 3.05) is 13.2 Å². The third-order valence-corrected chi connectivity index (χ3v) is 3.08. The number of hydrogen-bond acceptors (Lipinski definition) is 3. The molecule has 0 aliphatic carbocycles. The monoisotopic (exact) mass is 303 g/mol. The van der Waals surface area contributed by atoms with E-state index in [1.807, 2.05) is 13.8 Å². The van der Waals surface area contributed by atoms with Crippen molar-refractivity contribution in [3.8, 4) is 5.75 Å². The van der Waals surface area contributed by atoms with Crippen molar-refractivity contribution in [1.29, 1.82) is 0 Å². The first kappa shape index (κ1) is 16.7. The predicted molar refractivity (Wildman–Crippen MR) is 75.4 cm³/mol. The fraction of sp³-hybridized carbons (Fsp3) is 0.500. The molecule has 0 fully saturated rings. The lowest BCUT2D eigenvalue weighted by Crippen LogP contribution is -2.32. The molecule has 1 aromatic carbocycles. The van der Waals surface area contributed by atoms with Gasteiger partial charge in [-0.3, -0.25) is 4.79 Å². The van der Waals surface area contributed by atoms with E-state index in [0.29, 0.717) is 18.7 Å². The molecule has 0 saturated carbocycles. The number of nitrogens with one attached hydrogen (secondary N) is 1. The second-order valence-corrected chi connectivity index (χ2v) is 5.22. The van der Waals surface area contributed by atoms with E-state index in [0.717, 1.165) is 0 Å². The number of carbonyl (C=O) groups excluding carboxylic acids is 1. The molecule has 0 saturated heterocycles. The molecule has 112 valence electrons. The van der Waals surface area contributed by atoms with Crippen LogP contribution in [0.2, 0.25) is 5.02 Å². The number of aliphatic hydroxyl groups excluding tert-OH is 1. The zero-order valence-corrected chi connectivity index (χ0v) is 12.3. The van der Waals surface area contributed by atoms with Gasteiger partial charge in [0.05, 0.1) is 11.1 Å². The molecule has 20 heavy (non-hydrogen) atoms. The van der Waals surface area contributed by atoms with Crippen LogP contribution in [0, 0.1) is 11.7 Å². The van der Waals surface area contributed by atoms with Crippen LogP contribution in [0.15, 0.2) is 18.2 Å². The van der Waals surface area contributed by atoms with E-state index in [1.54, 1.807) is 0 Å². The lowest BCUT2D eigenvalue weighted by Gasteiger charge is -2.14. The molecular weight excluding hydrogens is 285 g/mol. The van der Waals surface area contributed by atoms with Crippen molar-refractivity contribution in [2.45, 2.75) is 26.4 Å². The summed E-state index contributed by atoms with van der Waals surface area (Å²) in [6, 6.07) is 3.89. The fourth-order valence-corrected chi connectivity index (χ4v) is 1.63. The maximum Gasteiger partial charge on any atom is 0.257 e. The molecule has 0 aliphatic rings. The van der Waals surface area contributed by atoms with Crippen molar-refractivity contribution in [2.24, 2.45) is 5.92 Å². The first-order valence-electron chi connectivity index (χ1n) is 6.42. The van der Waals surface area contributed by atoms with Crippen LogP contribution in [-0.4, -0.2) is 30.3 Å². The standard InChI is InChI=1S/C14H19ClFNO3/c1-9(2)13(18)5-6-17-14(19)8-20-10-3-4-12(16)11(15)7-10/h3-4,7,9,13,18H,5-6,8H2,1-2H3,(H,17,19). The molecule has 1 unspecified atom stereocenters. The van der Waals surface area contributed by atoms with Crippen LogP contribution >= 0.6 is 11.6 Å². The molecule has 2 N–H and O–H groups in total. The minimum Gasteiger partial charge on any atom is -0.484 e. The average Bonchev–Trinajstić information content (AvgIpc) is 2.40. The van der Waals surface area contributed by atoms with Crippen molar-refractivity contribution in [3.63, 3.8) is 0 Å². The Morgan fingerprint density at radius 3 is 2.80 bits per heavy atom. The van der Waals surface area contributed by atoms with E-state index in [-0.39, 0.29) is 23.5 Å². The Bertz CT molecular complexity index is 454. The van der Waals surface area contributed by atoms with Gasteiger partial charge >= 0.3 is 0 Å². The summed E-state index contributed by atoms with van der Waals surface area (Å²) in [5.41, 5.74) is 0. The summed E-state index contributed by atoms with van der Waals surface area (Å²) in [6.45, 7) is 4.02. The Balaban J connectivity index is 2.27. The number of aliphatic hydroxyl groups is 1. The summed E-state index contributed by atoms with van der Waals surface area (Å²) in [4.78, 5) is 11.5. The summed E-state index contributed by atoms with van der Waals surface area (Å²) in [7, 11) is 0. The highest BCUT2D eigenvalue weighted by atomic mass is 35.5. The van der Waals surface area contributed by atoms with Gasteiger partial charge in [0.15, 0.2) is 6.61 Å². The van der Waals surface area contributed by atoms with Gasteiger partial charge in [0.2, 0.25) is 0 Å². The zero-order valence-electron chi connectivity index (χ0n) is 11.5. The van der Waals surface area contributed by atoms with Crippen LogP contribution in [0.3, 0.4) is 0 Å². The maximum absolute atomic E-state index is 12.9. The number of ether oxygens (including phenoxy) is 1. The van der Waals surface area contributed by atoms with Crippen LogP contribution in [0.5, 0.6) is 5.75 Å². The molecule has 0 aliphatic heterocycles. The Labute approximate surface area is 122 Å². The van der Waals surface area contributed by atoms with Crippen molar-refractivity contribution < 1.29 is 19.0 Å². The lowest BCUT2D eigenvalue weighted by atomic mass is 10.0. The molecule has 1 aromatic rings. The van der Waals surface area contributed by atoms with Gasteiger partial charge in [0, 0.05) is 12.6 Å². The molecule has 1 rings (SSSR count). The van der Waals surface area contributed by atoms with Crippen LogP contribution in [0.1, 0.15) is 20.3 Å². The number of carbonyl (C=O) groups is 1. The van der Waals surface area contributed by atoms with Crippen LogP contribution < -0.4 is 10.1 Å². The summed E-state index contributed by atoms with van der Waals surface area (Å²) in [5.74, 6) is -0.356. The van der Waals surface area contributed by atoms with E-state index in [9.17, 15) is 14.3 Å². The smallest absolute Gasteiger partial charge is 0.257 e. The van der Waals surface area contributed by atoms with Crippen molar-refractivity contribution in [1.82, 2.24) is 5.32 Å². The highest BCUT2D eigenvalue weighted by Gasteiger charge is 2.10. The highest BCUT2D eigenvalue weighted by molar-refractivity contribution is 6.30. The first-order valence-corrected chi connectivity index (χ1v) is 6.80. The first-order chi connectivity index (χ1) is 9.40. The number of benzene rings is 1. The molecule has 4 nitrogen and oxygen atoms in total. The van der Waals surface area contributed by atoms with Gasteiger partial charge < -0.3 is 15.2 Å². The lowest BCUT2D eigenvalue weighted by molar-refractivity contribution is -0.123. The molecule has 0 bridgehead atoms. The van der Waals surface area contributed by atoms with Crippen molar-refractivity contribution in [3.05, 3.63) is 29.0 Å². The predicted octanol–water partition coefficient (Wildman–Crippen LogP) is 2.38. The second-order valence-electron chi connectivity index (χ2n) is 4.81. The summed E-state index contributed by atoms with van der Waals surface area (Å²) in [6.07, 6.45) is 0.0540. The van der Waals surface area contributed by atoms with E-state index >= 15 is 0 Å². The Morgan fingerprint density at radius 1 is 1.50 bits per heavy atom. The number of hydrogen-bond donors (Lipinski definition) is 2. The van der Waals surface area contributed by atoms with Gasteiger partial charge in [-0.15, -0.1) is 0 Å². The highest BCUT2D eigenvalue weighted by Crippen LogP contribution is 2.20. The summed E-state index contributed by atoms with van der Waals surface area (Å²) >= 11 is 5.59. The Kier molecular flexibility index (Phi) is 6.75. The van der Waals surface area contributed by atoms with Gasteiger partial charge in [0.25, 0.3) is 5.91 Å². The Hall–Kier alpha value is -1.33. The van der Waals surface area contributed by atoms with Gasteiger partial charge in [-0.05, 0) is 24.5 Å². The largest absolute Gasteiger partial charge is 0.484 e. The number of halogens is 2. The molecule has 1 amide bonds.